The van der Waals surface area contributed by atoms with Crippen molar-refractivity contribution < 1.29 is 23.1 Å². The molecule has 1 unspecified atom stereocenters. The molecule has 4 rings (SSSR count). The lowest BCUT2D eigenvalue weighted by Crippen LogP contribution is -2.47. The maximum absolute atomic E-state index is 13.8. The van der Waals surface area contributed by atoms with Gasteiger partial charge in [-0.15, -0.1) is 0 Å². The van der Waals surface area contributed by atoms with Crippen molar-refractivity contribution in [1.29, 1.82) is 0 Å². The largest absolute Gasteiger partial charge is 0.355 e. The SMILES string of the molecule is NN(Cc1ccc(F)cc1F)C(=O)c1cn2c(c(Cl)c1=O)C(=O)N1CCOC1C2. The molecule has 2 aliphatic rings. The first-order valence-corrected chi connectivity index (χ1v) is 9.01. The average Bonchev–Trinajstić information content (AvgIpc) is 3.15. The zero-order chi connectivity index (χ0) is 20.9. The third-order valence-electron chi connectivity index (χ3n) is 4.88. The number of pyridine rings is 1. The summed E-state index contributed by atoms with van der Waals surface area (Å²) in [6.07, 6.45) is 0.683. The number of ether oxygens (including phenoxy) is 1. The highest BCUT2D eigenvalue weighted by molar-refractivity contribution is 6.33. The Hall–Kier alpha value is -2.82. The minimum Gasteiger partial charge on any atom is -0.355 e. The fourth-order valence-electron chi connectivity index (χ4n) is 3.41. The van der Waals surface area contributed by atoms with Gasteiger partial charge in [0.1, 0.15) is 27.9 Å². The summed E-state index contributed by atoms with van der Waals surface area (Å²) in [5.41, 5.74) is -1.28. The Morgan fingerprint density at radius 3 is 2.83 bits per heavy atom. The van der Waals surface area contributed by atoms with Crippen molar-refractivity contribution >= 4 is 23.4 Å². The first kappa shape index (κ1) is 19.5. The highest BCUT2D eigenvalue weighted by Crippen LogP contribution is 2.26. The van der Waals surface area contributed by atoms with E-state index in [9.17, 15) is 23.2 Å². The molecule has 1 atom stereocenters. The molecule has 152 valence electrons. The predicted molar refractivity (Wildman–Crippen MR) is 96.9 cm³/mol. The van der Waals surface area contributed by atoms with Crippen LogP contribution >= 0.6 is 11.6 Å². The Kier molecular flexibility index (Phi) is 4.85. The van der Waals surface area contributed by atoms with Crippen molar-refractivity contribution in [2.45, 2.75) is 19.3 Å². The number of amides is 2. The quantitative estimate of drug-likeness (QED) is 0.452. The Balaban J connectivity index is 1.66. The summed E-state index contributed by atoms with van der Waals surface area (Å²) in [5.74, 6) is 2.70. The molecule has 1 aromatic carbocycles. The first-order valence-electron chi connectivity index (χ1n) is 8.64. The fraction of sp³-hybridized carbons (Fsp3) is 0.278. The number of nitrogens with zero attached hydrogens (tertiary/aromatic N) is 3. The van der Waals surface area contributed by atoms with E-state index in [1.165, 1.54) is 15.7 Å². The average molecular weight is 425 g/mol. The summed E-state index contributed by atoms with van der Waals surface area (Å²) >= 11 is 6.12. The van der Waals surface area contributed by atoms with E-state index in [0.717, 1.165) is 12.1 Å². The highest BCUT2D eigenvalue weighted by atomic mass is 35.5. The summed E-state index contributed by atoms with van der Waals surface area (Å²) in [6.45, 7) is 0.535. The van der Waals surface area contributed by atoms with E-state index in [4.69, 9.17) is 22.2 Å². The van der Waals surface area contributed by atoms with Crippen LogP contribution in [0.1, 0.15) is 26.4 Å². The minimum absolute atomic E-state index is 0.0249. The fourth-order valence-corrected chi connectivity index (χ4v) is 3.70. The molecule has 0 bridgehead atoms. The van der Waals surface area contributed by atoms with Crippen molar-refractivity contribution in [1.82, 2.24) is 14.5 Å². The summed E-state index contributed by atoms with van der Waals surface area (Å²) in [6, 6.07) is 2.84. The van der Waals surface area contributed by atoms with Crippen LogP contribution in [-0.2, 0) is 17.8 Å². The number of hydrazine groups is 1. The second-order valence-corrected chi connectivity index (χ2v) is 7.06. The van der Waals surface area contributed by atoms with Gasteiger partial charge in [-0.25, -0.2) is 14.6 Å². The maximum atomic E-state index is 13.8. The Morgan fingerprint density at radius 1 is 1.34 bits per heavy atom. The van der Waals surface area contributed by atoms with E-state index >= 15 is 0 Å². The molecule has 11 heteroatoms. The van der Waals surface area contributed by atoms with Crippen molar-refractivity contribution in [3.63, 3.8) is 0 Å². The maximum Gasteiger partial charge on any atom is 0.274 e. The standard InChI is InChI=1S/C18H15ClF2N4O4/c19-14-15-18(28)24-3-4-29-13(24)8-23(15)7-11(16(14)26)17(27)25(22)6-9-1-2-10(20)5-12(9)21/h1-2,5,7,13H,3-4,6,8,22H2. The number of fused-ring (bicyclic) bond motifs is 2. The molecule has 8 nitrogen and oxygen atoms in total. The van der Waals surface area contributed by atoms with Crippen LogP contribution in [0.4, 0.5) is 8.78 Å². The van der Waals surface area contributed by atoms with Crippen LogP contribution in [0.3, 0.4) is 0 Å². The third-order valence-corrected chi connectivity index (χ3v) is 5.23. The number of carbonyl (C=O) groups excluding carboxylic acids is 2. The summed E-state index contributed by atoms with van der Waals surface area (Å²) in [5, 5.41) is 0.229. The number of carbonyl (C=O) groups is 2. The molecule has 1 aromatic heterocycles. The third kappa shape index (κ3) is 3.28. The number of halogens is 3. The van der Waals surface area contributed by atoms with Gasteiger partial charge in [0.15, 0.2) is 6.23 Å². The van der Waals surface area contributed by atoms with Gasteiger partial charge >= 0.3 is 0 Å². The van der Waals surface area contributed by atoms with Crippen LogP contribution in [-0.4, -0.2) is 45.7 Å². The van der Waals surface area contributed by atoms with E-state index in [1.807, 2.05) is 0 Å². The molecule has 2 N–H and O–H groups in total. The van der Waals surface area contributed by atoms with Gasteiger partial charge in [0.25, 0.3) is 11.8 Å². The van der Waals surface area contributed by atoms with Gasteiger partial charge in [0.2, 0.25) is 5.43 Å². The van der Waals surface area contributed by atoms with Crippen molar-refractivity contribution in [3.8, 4) is 0 Å². The van der Waals surface area contributed by atoms with E-state index in [0.29, 0.717) is 24.2 Å². The summed E-state index contributed by atoms with van der Waals surface area (Å²) in [7, 11) is 0. The van der Waals surface area contributed by atoms with Gasteiger partial charge in [0, 0.05) is 24.4 Å². The van der Waals surface area contributed by atoms with E-state index in [2.05, 4.69) is 0 Å². The molecule has 0 radical (unpaired) electrons. The second kappa shape index (κ2) is 7.21. The Labute approximate surface area is 168 Å². The van der Waals surface area contributed by atoms with Crippen molar-refractivity contribution in [3.05, 3.63) is 68.1 Å². The lowest BCUT2D eigenvalue weighted by molar-refractivity contribution is 0.00892. The number of rotatable bonds is 3. The zero-order valence-corrected chi connectivity index (χ0v) is 15.7. The van der Waals surface area contributed by atoms with Gasteiger partial charge in [-0.1, -0.05) is 17.7 Å². The van der Waals surface area contributed by atoms with Crippen molar-refractivity contribution in [2.24, 2.45) is 5.84 Å². The lowest BCUT2D eigenvalue weighted by Gasteiger charge is -2.32. The zero-order valence-electron chi connectivity index (χ0n) is 14.9. The topological polar surface area (TPSA) is 97.9 Å². The summed E-state index contributed by atoms with van der Waals surface area (Å²) < 4.78 is 33.7. The summed E-state index contributed by atoms with van der Waals surface area (Å²) in [4.78, 5) is 39.4. The van der Waals surface area contributed by atoms with Crippen LogP contribution in [0.5, 0.6) is 0 Å². The van der Waals surface area contributed by atoms with Gasteiger partial charge in [-0.2, -0.15) is 0 Å². The molecule has 1 fully saturated rings. The molecule has 0 spiro atoms. The number of nitrogens with two attached hydrogens (primary N) is 1. The number of benzene rings is 1. The number of aromatic nitrogens is 1. The highest BCUT2D eigenvalue weighted by Gasteiger charge is 2.39. The smallest absolute Gasteiger partial charge is 0.274 e. The van der Waals surface area contributed by atoms with Gasteiger partial charge in [-0.3, -0.25) is 19.4 Å². The number of hydrogen-bond donors (Lipinski definition) is 1. The molecule has 2 aliphatic heterocycles. The van der Waals surface area contributed by atoms with Crippen LogP contribution < -0.4 is 11.3 Å². The lowest BCUT2D eigenvalue weighted by atomic mass is 10.1. The molecular weight excluding hydrogens is 410 g/mol. The predicted octanol–water partition coefficient (Wildman–Crippen LogP) is 1.11. The molecule has 0 aliphatic carbocycles. The first-order chi connectivity index (χ1) is 13.8. The molecule has 3 heterocycles. The molecule has 29 heavy (non-hydrogen) atoms. The van der Waals surface area contributed by atoms with Crippen molar-refractivity contribution in [2.75, 3.05) is 13.2 Å². The molecule has 0 saturated carbocycles. The van der Waals surface area contributed by atoms with Crippen LogP contribution in [0.15, 0.2) is 29.2 Å². The molecular formula is C18H15ClF2N4O4. The second-order valence-electron chi connectivity index (χ2n) is 6.68. The number of hydrogen-bond acceptors (Lipinski definition) is 5. The monoisotopic (exact) mass is 424 g/mol. The van der Waals surface area contributed by atoms with Gasteiger partial charge < -0.3 is 14.2 Å². The van der Waals surface area contributed by atoms with E-state index in [-0.39, 0.29) is 23.4 Å². The van der Waals surface area contributed by atoms with Crippen LogP contribution in [0, 0.1) is 11.6 Å². The Bertz CT molecular complexity index is 1090. The van der Waals surface area contributed by atoms with Gasteiger partial charge in [0.05, 0.1) is 19.7 Å². The van der Waals surface area contributed by atoms with Crippen LogP contribution in [0.2, 0.25) is 5.02 Å². The molecule has 1 saturated heterocycles. The van der Waals surface area contributed by atoms with E-state index in [1.54, 1.807) is 0 Å². The van der Waals surface area contributed by atoms with E-state index < -0.39 is 46.7 Å². The van der Waals surface area contributed by atoms with Gasteiger partial charge in [-0.05, 0) is 6.07 Å². The van der Waals surface area contributed by atoms with Crippen LogP contribution in [0.25, 0.3) is 0 Å². The minimum atomic E-state index is -0.918. The normalized spacial score (nSPS) is 17.9. The molecule has 2 aromatic rings. The molecule has 2 amide bonds. The Morgan fingerprint density at radius 2 is 2.10 bits per heavy atom.